The Bertz CT molecular complexity index is 355. The lowest BCUT2D eigenvalue weighted by Crippen LogP contribution is -2.41. The number of allylic oxidation sites excluding steroid dienone is 1. The molecule has 4 heteroatoms. The molecule has 0 aromatic carbocycles. The SMILES string of the molecule is NC(=O)C1CCN(C(=O)CC2=CCCCC2)CC1. The molecule has 2 N–H and O–H groups in total. The molecule has 1 aliphatic heterocycles. The fraction of sp³-hybridized carbons (Fsp3) is 0.714. The van der Waals surface area contributed by atoms with E-state index in [4.69, 9.17) is 5.73 Å². The average Bonchev–Trinajstić information content (AvgIpc) is 2.40. The minimum atomic E-state index is -0.225. The molecular weight excluding hydrogens is 228 g/mol. The predicted molar refractivity (Wildman–Crippen MR) is 69.7 cm³/mol. The first-order valence-electron chi connectivity index (χ1n) is 6.92. The second kappa shape index (κ2) is 6.03. The van der Waals surface area contributed by atoms with Crippen molar-refractivity contribution in [3.05, 3.63) is 11.6 Å². The van der Waals surface area contributed by atoms with Crippen molar-refractivity contribution < 1.29 is 9.59 Å². The summed E-state index contributed by atoms with van der Waals surface area (Å²) in [5.41, 5.74) is 6.58. The summed E-state index contributed by atoms with van der Waals surface area (Å²) in [6.07, 6.45) is 8.89. The van der Waals surface area contributed by atoms with Crippen LogP contribution in [0, 0.1) is 5.92 Å². The van der Waals surface area contributed by atoms with E-state index in [0.29, 0.717) is 19.5 Å². The van der Waals surface area contributed by atoms with Crippen LogP contribution >= 0.6 is 0 Å². The summed E-state index contributed by atoms with van der Waals surface area (Å²) in [5.74, 6) is -0.0499. The molecule has 1 heterocycles. The molecule has 18 heavy (non-hydrogen) atoms. The van der Waals surface area contributed by atoms with Crippen LogP contribution in [0.5, 0.6) is 0 Å². The third kappa shape index (κ3) is 3.34. The lowest BCUT2D eigenvalue weighted by Gasteiger charge is -2.31. The van der Waals surface area contributed by atoms with Crippen molar-refractivity contribution in [2.45, 2.75) is 44.9 Å². The number of hydrogen-bond acceptors (Lipinski definition) is 2. The number of piperidine rings is 1. The van der Waals surface area contributed by atoms with Crippen LogP contribution in [-0.4, -0.2) is 29.8 Å². The Morgan fingerprint density at radius 1 is 1.28 bits per heavy atom. The first-order chi connectivity index (χ1) is 8.66. The topological polar surface area (TPSA) is 63.4 Å². The largest absolute Gasteiger partial charge is 0.369 e. The lowest BCUT2D eigenvalue weighted by molar-refractivity contribution is -0.134. The predicted octanol–water partition coefficient (Wildman–Crippen LogP) is 1.60. The van der Waals surface area contributed by atoms with Crippen LogP contribution in [0.2, 0.25) is 0 Å². The zero-order valence-electron chi connectivity index (χ0n) is 10.9. The number of carbonyl (C=O) groups excluding carboxylic acids is 2. The quantitative estimate of drug-likeness (QED) is 0.773. The molecule has 2 amide bonds. The second-order valence-electron chi connectivity index (χ2n) is 5.34. The van der Waals surface area contributed by atoms with Gasteiger partial charge in [-0.05, 0) is 38.5 Å². The highest BCUT2D eigenvalue weighted by Crippen LogP contribution is 2.23. The summed E-state index contributed by atoms with van der Waals surface area (Å²) in [5, 5.41) is 0. The van der Waals surface area contributed by atoms with Gasteiger partial charge in [-0.15, -0.1) is 0 Å². The van der Waals surface area contributed by atoms with Crippen molar-refractivity contribution in [2.75, 3.05) is 13.1 Å². The Balaban J connectivity index is 1.80. The van der Waals surface area contributed by atoms with E-state index >= 15 is 0 Å². The minimum Gasteiger partial charge on any atom is -0.369 e. The third-order valence-corrected chi connectivity index (χ3v) is 4.01. The van der Waals surface area contributed by atoms with Gasteiger partial charge in [-0.25, -0.2) is 0 Å². The van der Waals surface area contributed by atoms with E-state index in [2.05, 4.69) is 6.08 Å². The fourth-order valence-corrected chi connectivity index (χ4v) is 2.78. The molecule has 0 radical (unpaired) electrons. The number of carbonyl (C=O) groups is 2. The van der Waals surface area contributed by atoms with Gasteiger partial charge in [-0.1, -0.05) is 11.6 Å². The van der Waals surface area contributed by atoms with Crippen LogP contribution in [0.1, 0.15) is 44.9 Å². The number of hydrogen-bond donors (Lipinski definition) is 1. The molecule has 100 valence electrons. The van der Waals surface area contributed by atoms with Gasteiger partial charge in [0.05, 0.1) is 0 Å². The number of rotatable bonds is 3. The Morgan fingerprint density at radius 3 is 2.56 bits per heavy atom. The molecule has 4 nitrogen and oxygen atoms in total. The highest BCUT2D eigenvalue weighted by molar-refractivity contribution is 5.80. The van der Waals surface area contributed by atoms with Crippen molar-refractivity contribution in [2.24, 2.45) is 11.7 Å². The van der Waals surface area contributed by atoms with Gasteiger partial charge in [-0.3, -0.25) is 9.59 Å². The Labute approximate surface area is 108 Å². The normalized spacial score (nSPS) is 21.6. The molecule has 2 rings (SSSR count). The van der Waals surface area contributed by atoms with Crippen LogP contribution in [0.15, 0.2) is 11.6 Å². The van der Waals surface area contributed by atoms with Gasteiger partial charge in [0, 0.05) is 25.4 Å². The van der Waals surface area contributed by atoms with Crippen molar-refractivity contribution in [3.63, 3.8) is 0 Å². The van der Waals surface area contributed by atoms with Crippen molar-refractivity contribution >= 4 is 11.8 Å². The Kier molecular flexibility index (Phi) is 4.39. The zero-order valence-corrected chi connectivity index (χ0v) is 10.9. The molecule has 0 aromatic heterocycles. The van der Waals surface area contributed by atoms with E-state index in [1.807, 2.05) is 4.90 Å². The standard InChI is InChI=1S/C14H22N2O2/c15-14(18)12-6-8-16(9-7-12)13(17)10-11-4-2-1-3-5-11/h4,12H,1-3,5-10H2,(H2,15,18). The van der Waals surface area contributed by atoms with Crippen LogP contribution in [-0.2, 0) is 9.59 Å². The van der Waals surface area contributed by atoms with Crippen LogP contribution < -0.4 is 5.73 Å². The van der Waals surface area contributed by atoms with Gasteiger partial charge in [0.15, 0.2) is 0 Å². The molecule has 0 unspecified atom stereocenters. The minimum absolute atomic E-state index is 0.0389. The maximum atomic E-state index is 12.1. The molecule has 0 spiro atoms. The molecule has 0 bridgehead atoms. The number of nitrogens with two attached hydrogens (primary N) is 1. The third-order valence-electron chi connectivity index (χ3n) is 4.01. The van der Waals surface area contributed by atoms with Gasteiger partial charge < -0.3 is 10.6 Å². The number of amides is 2. The van der Waals surface area contributed by atoms with E-state index in [-0.39, 0.29) is 17.7 Å². The molecule has 1 saturated heterocycles. The van der Waals surface area contributed by atoms with Crippen molar-refractivity contribution in [1.82, 2.24) is 4.90 Å². The van der Waals surface area contributed by atoms with E-state index in [1.54, 1.807) is 0 Å². The van der Waals surface area contributed by atoms with Crippen LogP contribution in [0.25, 0.3) is 0 Å². The van der Waals surface area contributed by atoms with Crippen molar-refractivity contribution in [3.8, 4) is 0 Å². The lowest BCUT2D eigenvalue weighted by atomic mass is 9.94. The first kappa shape index (κ1) is 13.1. The Hall–Kier alpha value is -1.32. The fourth-order valence-electron chi connectivity index (χ4n) is 2.78. The first-order valence-corrected chi connectivity index (χ1v) is 6.92. The smallest absolute Gasteiger partial charge is 0.226 e. The van der Waals surface area contributed by atoms with Gasteiger partial charge in [0.1, 0.15) is 0 Å². The summed E-state index contributed by atoms with van der Waals surface area (Å²) >= 11 is 0. The maximum Gasteiger partial charge on any atom is 0.226 e. The summed E-state index contributed by atoms with van der Waals surface area (Å²) < 4.78 is 0. The monoisotopic (exact) mass is 250 g/mol. The molecule has 0 saturated carbocycles. The molecule has 1 aliphatic carbocycles. The van der Waals surface area contributed by atoms with E-state index in [9.17, 15) is 9.59 Å². The molecule has 1 fully saturated rings. The average molecular weight is 250 g/mol. The number of nitrogens with zero attached hydrogens (tertiary/aromatic N) is 1. The molecule has 0 atom stereocenters. The highest BCUT2D eigenvalue weighted by atomic mass is 16.2. The maximum absolute atomic E-state index is 12.1. The van der Waals surface area contributed by atoms with Gasteiger partial charge in [0.2, 0.25) is 11.8 Å². The zero-order chi connectivity index (χ0) is 13.0. The molecule has 2 aliphatic rings. The molecule has 0 aromatic rings. The summed E-state index contributed by atoms with van der Waals surface area (Å²) in [6.45, 7) is 1.36. The van der Waals surface area contributed by atoms with Crippen LogP contribution in [0.3, 0.4) is 0 Å². The second-order valence-corrected chi connectivity index (χ2v) is 5.34. The van der Waals surface area contributed by atoms with Gasteiger partial charge in [-0.2, -0.15) is 0 Å². The van der Waals surface area contributed by atoms with Crippen molar-refractivity contribution in [1.29, 1.82) is 0 Å². The summed E-state index contributed by atoms with van der Waals surface area (Å²) in [7, 11) is 0. The Morgan fingerprint density at radius 2 is 2.00 bits per heavy atom. The van der Waals surface area contributed by atoms with Gasteiger partial charge in [0.25, 0.3) is 0 Å². The molecular formula is C14H22N2O2. The van der Waals surface area contributed by atoms with Crippen LogP contribution in [0.4, 0.5) is 0 Å². The van der Waals surface area contributed by atoms with Gasteiger partial charge >= 0.3 is 0 Å². The number of likely N-dealkylation sites (tertiary alicyclic amines) is 1. The van der Waals surface area contributed by atoms with E-state index in [1.165, 1.54) is 18.4 Å². The van der Waals surface area contributed by atoms with E-state index in [0.717, 1.165) is 25.7 Å². The van der Waals surface area contributed by atoms with E-state index < -0.39 is 0 Å². The number of primary amides is 1. The summed E-state index contributed by atoms with van der Waals surface area (Å²) in [6, 6.07) is 0. The highest BCUT2D eigenvalue weighted by Gasteiger charge is 2.26. The summed E-state index contributed by atoms with van der Waals surface area (Å²) in [4.78, 5) is 25.1.